The first-order valence-electron chi connectivity index (χ1n) is 1.59. The molecule has 0 saturated heterocycles. The zero-order chi connectivity index (χ0) is 7.86. The molecule has 0 spiro atoms. The molecule has 0 aromatic rings. The molecule has 0 aliphatic heterocycles. The minimum atomic E-state index is -3.13. The Morgan fingerprint density at radius 2 is 1.36 bits per heavy atom. The summed E-state index contributed by atoms with van der Waals surface area (Å²) >= 11 is 0. The van der Waals surface area contributed by atoms with Crippen LogP contribution >= 0.6 is 0 Å². The molecule has 0 rings (SSSR count). The largest absolute Gasteiger partial charge is 1.00 e. The van der Waals surface area contributed by atoms with Crippen molar-refractivity contribution in [2.24, 2.45) is 0 Å². The zero-order valence-corrected chi connectivity index (χ0v) is 11.1. The van der Waals surface area contributed by atoms with Gasteiger partial charge in [-0.25, -0.2) is 4.81 Å². The molecular weight excluding hydrogens is 197 g/mol. The van der Waals surface area contributed by atoms with Gasteiger partial charge in [0.2, 0.25) is 0 Å². The van der Waals surface area contributed by atoms with E-state index in [0.29, 0.717) is 0 Å². The Morgan fingerprint density at radius 3 is 1.36 bits per heavy atom. The summed E-state index contributed by atoms with van der Waals surface area (Å²) in [5, 5.41) is 22.0. The molecule has 0 unspecified atom stereocenters. The van der Waals surface area contributed by atoms with E-state index in [9.17, 15) is 0 Å². The van der Waals surface area contributed by atoms with Gasteiger partial charge < -0.3 is 22.5 Å². The summed E-state index contributed by atoms with van der Waals surface area (Å²) in [7, 11) is -5.19. The summed E-state index contributed by atoms with van der Waals surface area (Å²) in [6.45, 7) is 0. The Balaban J connectivity index is -0.0000000146. The van der Waals surface area contributed by atoms with Crippen LogP contribution in [0.15, 0.2) is 0 Å². The van der Waals surface area contributed by atoms with E-state index in [1.807, 2.05) is 0 Å². The Bertz CT molecular complexity index is 80.9. The minimum absolute atomic E-state index is 0. The van der Waals surface area contributed by atoms with E-state index in [4.69, 9.17) is 29.4 Å². The predicted octanol–water partition coefficient (Wildman–Crippen LogP) is -8.94. The molecule has 0 atom stereocenters. The standard InChI is InChI=1S/BH3O4.2Na.H2O3Si.2H/c2-1(3)5-4;;;1-4(2)3;;/h2-4H;;;1-2H;;/q;2*+1;;2*-1. The van der Waals surface area contributed by atoms with E-state index >= 15 is 0 Å². The summed E-state index contributed by atoms with van der Waals surface area (Å²) in [6.07, 6.45) is 0. The third-order valence-corrected chi connectivity index (χ3v) is 0.0943. The summed E-state index contributed by atoms with van der Waals surface area (Å²) in [5.41, 5.74) is 0. The van der Waals surface area contributed by atoms with Gasteiger partial charge in [0.05, 0.1) is 0 Å². The van der Waals surface area contributed by atoms with Gasteiger partial charge in [0.25, 0.3) is 0 Å². The summed E-state index contributed by atoms with van der Waals surface area (Å²) < 4.78 is 8.74. The smallest absolute Gasteiger partial charge is 1.00 e. The maximum atomic E-state index is 8.74. The van der Waals surface area contributed by atoms with Crippen LogP contribution in [0, 0.1) is 0 Å². The molecule has 0 aromatic carbocycles. The Morgan fingerprint density at radius 1 is 1.27 bits per heavy atom. The molecule has 0 heterocycles. The molecule has 11 heavy (non-hydrogen) atoms. The van der Waals surface area contributed by atoms with Crippen molar-refractivity contribution in [2.75, 3.05) is 0 Å². The Labute approximate surface area is 112 Å². The second-order valence-electron chi connectivity index (χ2n) is 0.714. The van der Waals surface area contributed by atoms with Gasteiger partial charge in [0, 0.05) is 0 Å². The second-order valence-corrected chi connectivity index (χ2v) is 1.28. The zero-order valence-electron chi connectivity index (χ0n) is 8.13. The van der Waals surface area contributed by atoms with Crippen LogP contribution in [0.3, 0.4) is 0 Å². The molecule has 58 valence electrons. The van der Waals surface area contributed by atoms with E-state index in [2.05, 4.69) is 4.81 Å². The Kier molecular flexibility index (Phi) is 36.6. The Hall–Kier alpha value is 1.52. The van der Waals surface area contributed by atoms with Crippen LogP contribution in [0.4, 0.5) is 0 Å². The third-order valence-electron chi connectivity index (χ3n) is 0.0943. The van der Waals surface area contributed by atoms with Gasteiger partial charge in [-0.15, -0.1) is 0 Å². The van der Waals surface area contributed by atoms with Gasteiger partial charge in [-0.05, 0) is 0 Å². The van der Waals surface area contributed by atoms with Gasteiger partial charge in [0.15, 0.2) is 0 Å². The van der Waals surface area contributed by atoms with Crippen LogP contribution in [0.2, 0.25) is 0 Å². The molecule has 0 aliphatic carbocycles. The van der Waals surface area contributed by atoms with Crippen LogP contribution in [0.25, 0.3) is 0 Å². The van der Waals surface area contributed by atoms with Gasteiger partial charge in [0.1, 0.15) is 0 Å². The maximum absolute atomic E-state index is 8.74. The average molecular weight is 204 g/mol. The van der Waals surface area contributed by atoms with Crippen molar-refractivity contribution in [2.45, 2.75) is 0 Å². The van der Waals surface area contributed by atoms with Crippen LogP contribution in [0.1, 0.15) is 2.85 Å². The van der Waals surface area contributed by atoms with Crippen molar-refractivity contribution >= 4 is 16.5 Å². The van der Waals surface area contributed by atoms with Crippen LogP contribution in [0.5, 0.6) is 0 Å². The normalized spacial score (nSPS) is 5.73. The summed E-state index contributed by atoms with van der Waals surface area (Å²) in [4.78, 5) is 17.2. The molecule has 7 nitrogen and oxygen atoms in total. The summed E-state index contributed by atoms with van der Waals surface area (Å²) in [5.74, 6) is 0. The van der Waals surface area contributed by atoms with Gasteiger partial charge >= 0.3 is 75.6 Å². The minimum Gasteiger partial charge on any atom is -1.00 e. The molecule has 0 saturated carbocycles. The van der Waals surface area contributed by atoms with Crippen LogP contribution in [-0.4, -0.2) is 41.4 Å². The summed E-state index contributed by atoms with van der Waals surface area (Å²) in [6, 6.07) is 0. The molecule has 0 amide bonds. The molecule has 0 bridgehead atoms. The molecule has 11 heteroatoms. The SMILES string of the molecule is O=[Si](O)O.OOB(O)O.[H-].[H-].[Na+].[Na+]. The van der Waals surface area contributed by atoms with Gasteiger partial charge in [-0.3, -0.25) is 9.72 Å². The quantitative estimate of drug-likeness (QED) is 0.163. The molecule has 0 radical (unpaired) electrons. The third kappa shape index (κ3) is 84.2. The van der Waals surface area contributed by atoms with Crippen molar-refractivity contribution in [1.82, 2.24) is 0 Å². The molecule has 0 aromatic heterocycles. The molecular formula is H7BNa2O7Si. The van der Waals surface area contributed by atoms with E-state index < -0.39 is 16.5 Å². The first kappa shape index (κ1) is 22.9. The van der Waals surface area contributed by atoms with E-state index in [0.717, 1.165) is 0 Å². The van der Waals surface area contributed by atoms with Crippen molar-refractivity contribution in [3.05, 3.63) is 0 Å². The average Bonchev–Trinajstić information content (AvgIpc) is 1.65. The first-order chi connectivity index (χ1) is 4.00. The molecule has 0 fully saturated rings. The molecule has 0 aliphatic rings. The van der Waals surface area contributed by atoms with E-state index in [1.165, 1.54) is 0 Å². The second kappa shape index (κ2) is 17.6. The van der Waals surface area contributed by atoms with Crippen LogP contribution in [-0.2, 0) is 9.27 Å². The van der Waals surface area contributed by atoms with Crippen molar-refractivity contribution < 1.29 is 96.1 Å². The number of hydrogen-bond acceptors (Lipinski definition) is 5. The predicted molar refractivity (Wildman–Crippen MR) is 27.0 cm³/mol. The van der Waals surface area contributed by atoms with Crippen molar-refractivity contribution in [3.63, 3.8) is 0 Å². The van der Waals surface area contributed by atoms with Crippen molar-refractivity contribution in [1.29, 1.82) is 0 Å². The fourth-order valence-corrected chi connectivity index (χ4v) is 0. The monoisotopic (exact) mass is 204 g/mol. The number of hydrogen-bond donors (Lipinski definition) is 5. The van der Waals surface area contributed by atoms with Crippen LogP contribution < -0.4 is 59.1 Å². The van der Waals surface area contributed by atoms with E-state index in [1.54, 1.807) is 0 Å². The first-order valence-corrected chi connectivity index (χ1v) is 2.89. The topological polar surface area (TPSA) is 127 Å². The van der Waals surface area contributed by atoms with Gasteiger partial charge in [-0.2, -0.15) is 0 Å². The van der Waals surface area contributed by atoms with E-state index in [-0.39, 0.29) is 62.0 Å². The van der Waals surface area contributed by atoms with Crippen molar-refractivity contribution in [3.8, 4) is 0 Å². The fourth-order valence-electron chi connectivity index (χ4n) is 0. The maximum Gasteiger partial charge on any atom is 1.00 e. The van der Waals surface area contributed by atoms with Gasteiger partial charge in [-0.1, -0.05) is 0 Å². The molecule has 5 N–H and O–H groups in total. The fraction of sp³-hybridized carbons (Fsp3) is 0. The number of rotatable bonds is 1.